The molecular weight excluding hydrogens is 314 g/mol. The molecule has 0 spiro atoms. The second-order valence-electron chi connectivity index (χ2n) is 4.28. The summed E-state index contributed by atoms with van der Waals surface area (Å²) in [5.74, 6) is 0.180. The molecule has 6 nitrogen and oxygen atoms in total. The fraction of sp³-hybridized carbons (Fsp3) is 0.500. The number of pyridine rings is 1. The van der Waals surface area contributed by atoms with Crippen LogP contribution in [-0.4, -0.2) is 48.8 Å². The molecule has 1 atom stereocenters. The zero-order chi connectivity index (χ0) is 13.8. The van der Waals surface area contributed by atoms with Gasteiger partial charge in [0.25, 0.3) is 0 Å². The number of carbonyl (C=O) groups excluding carboxylic acids is 1. The Labute approximate surface area is 120 Å². The molecule has 1 aromatic heterocycles. The first-order valence-corrected chi connectivity index (χ1v) is 6.70. The maximum absolute atomic E-state index is 11.7. The summed E-state index contributed by atoms with van der Waals surface area (Å²) in [6.45, 7) is 2.13. The quantitative estimate of drug-likeness (QED) is 0.826. The summed E-state index contributed by atoms with van der Waals surface area (Å²) in [6.07, 6.45) is 1.65. The number of anilines is 1. The van der Waals surface area contributed by atoms with Gasteiger partial charge in [-0.3, -0.25) is 9.69 Å². The normalized spacial score (nSPS) is 20.2. The van der Waals surface area contributed by atoms with Gasteiger partial charge in [-0.05, 0) is 22.0 Å². The van der Waals surface area contributed by atoms with E-state index >= 15 is 0 Å². The molecule has 7 heteroatoms. The molecule has 1 saturated heterocycles. The van der Waals surface area contributed by atoms with Crippen LogP contribution < -0.4 is 5.73 Å². The van der Waals surface area contributed by atoms with Crippen LogP contribution in [0.15, 0.2) is 16.7 Å². The fourth-order valence-corrected chi connectivity index (χ4v) is 2.40. The van der Waals surface area contributed by atoms with Gasteiger partial charge in [0, 0.05) is 29.3 Å². The van der Waals surface area contributed by atoms with Gasteiger partial charge in [0.1, 0.15) is 11.9 Å². The van der Waals surface area contributed by atoms with E-state index in [0.717, 1.165) is 10.0 Å². The molecule has 0 aromatic carbocycles. The molecule has 1 aromatic rings. The highest BCUT2D eigenvalue weighted by molar-refractivity contribution is 9.10. The highest BCUT2D eigenvalue weighted by Gasteiger charge is 2.30. The van der Waals surface area contributed by atoms with Crippen LogP contribution in [0.3, 0.4) is 0 Å². The van der Waals surface area contributed by atoms with Crippen LogP contribution in [0.1, 0.15) is 5.56 Å². The zero-order valence-electron chi connectivity index (χ0n) is 10.6. The molecule has 0 bridgehead atoms. The van der Waals surface area contributed by atoms with Crippen LogP contribution in [0.25, 0.3) is 0 Å². The van der Waals surface area contributed by atoms with Crippen molar-refractivity contribution >= 4 is 27.7 Å². The topological polar surface area (TPSA) is 77.7 Å². The third-order valence-electron chi connectivity index (χ3n) is 3.05. The van der Waals surface area contributed by atoms with E-state index in [1.165, 1.54) is 7.11 Å². The van der Waals surface area contributed by atoms with E-state index in [9.17, 15) is 4.79 Å². The predicted octanol–water partition coefficient (Wildman–Crippen LogP) is 0.800. The smallest absolute Gasteiger partial charge is 0.325 e. The van der Waals surface area contributed by atoms with E-state index < -0.39 is 6.04 Å². The van der Waals surface area contributed by atoms with Gasteiger partial charge in [0.2, 0.25) is 0 Å². The highest BCUT2D eigenvalue weighted by atomic mass is 79.9. The minimum absolute atomic E-state index is 0.291. The predicted molar refractivity (Wildman–Crippen MR) is 73.4 cm³/mol. The van der Waals surface area contributed by atoms with Gasteiger partial charge in [0.15, 0.2) is 0 Å². The van der Waals surface area contributed by atoms with Crippen molar-refractivity contribution in [2.24, 2.45) is 0 Å². The lowest BCUT2D eigenvalue weighted by Gasteiger charge is -2.33. The second-order valence-corrected chi connectivity index (χ2v) is 5.20. The summed E-state index contributed by atoms with van der Waals surface area (Å²) < 4.78 is 11.0. The first-order chi connectivity index (χ1) is 9.11. The number of morpholine rings is 1. The summed E-state index contributed by atoms with van der Waals surface area (Å²) in [6, 6.07) is 1.52. The number of methoxy groups -OCH3 is 1. The Hall–Kier alpha value is -1.18. The van der Waals surface area contributed by atoms with Crippen molar-refractivity contribution < 1.29 is 14.3 Å². The Morgan fingerprint density at radius 2 is 2.53 bits per heavy atom. The molecule has 104 valence electrons. The van der Waals surface area contributed by atoms with Gasteiger partial charge < -0.3 is 15.2 Å². The lowest BCUT2D eigenvalue weighted by molar-refractivity contribution is -0.153. The Morgan fingerprint density at radius 3 is 3.26 bits per heavy atom. The Kier molecular flexibility index (Phi) is 4.73. The number of hydrogen-bond acceptors (Lipinski definition) is 6. The van der Waals surface area contributed by atoms with Gasteiger partial charge in [-0.15, -0.1) is 0 Å². The fourth-order valence-electron chi connectivity index (χ4n) is 2.02. The van der Waals surface area contributed by atoms with E-state index in [2.05, 4.69) is 20.9 Å². The standard InChI is InChI=1S/C12H16BrN3O3/c1-18-12(17)10-7-19-3-2-16(10)6-8-4-9(13)5-15-11(8)14/h4-5,10H,2-3,6-7H2,1H3,(H2,14,15). The molecule has 19 heavy (non-hydrogen) atoms. The molecule has 0 radical (unpaired) electrons. The molecule has 0 amide bonds. The number of nitrogens with two attached hydrogens (primary N) is 1. The average Bonchev–Trinajstić information content (AvgIpc) is 2.42. The van der Waals surface area contributed by atoms with Gasteiger partial charge in [0.05, 0.1) is 20.3 Å². The van der Waals surface area contributed by atoms with Crippen molar-refractivity contribution in [3.05, 3.63) is 22.3 Å². The molecule has 1 aliphatic rings. The van der Waals surface area contributed by atoms with Crippen molar-refractivity contribution in [2.45, 2.75) is 12.6 Å². The Bertz CT molecular complexity index is 470. The first-order valence-electron chi connectivity index (χ1n) is 5.91. The number of halogens is 1. The molecule has 1 aliphatic heterocycles. The van der Waals surface area contributed by atoms with Gasteiger partial charge in [-0.2, -0.15) is 0 Å². The number of nitrogens with zero attached hydrogens (tertiary/aromatic N) is 2. The molecule has 2 rings (SSSR count). The summed E-state index contributed by atoms with van der Waals surface area (Å²) >= 11 is 3.37. The molecular formula is C12H16BrN3O3. The Morgan fingerprint density at radius 1 is 1.74 bits per heavy atom. The highest BCUT2D eigenvalue weighted by Crippen LogP contribution is 2.20. The van der Waals surface area contributed by atoms with Gasteiger partial charge in [-0.1, -0.05) is 0 Å². The molecule has 1 unspecified atom stereocenters. The maximum atomic E-state index is 11.7. The van der Waals surface area contributed by atoms with Crippen LogP contribution in [0.4, 0.5) is 5.82 Å². The van der Waals surface area contributed by atoms with E-state index in [-0.39, 0.29) is 5.97 Å². The van der Waals surface area contributed by atoms with Crippen LogP contribution in [-0.2, 0) is 20.8 Å². The van der Waals surface area contributed by atoms with Crippen molar-refractivity contribution in [3.8, 4) is 0 Å². The van der Waals surface area contributed by atoms with E-state index in [0.29, 0.717) is 32.1 Å². The molecule has 1 fully saturated rings. The largest absolute Gasteiger partial charge is 0.468 e. The minimum atomic E-state index is -0.392. The number of esters is 1. The van der Waals surface area contributed by atoms with Crippen LogP contribution in [0.2, 0.25) is 0 Å². The Balaban J connectivity index is 2.15. The van der Waals surface area contributed by atoms with Crippen molar-refractivity contribution in [1.29, 1.82) is 0 Å². The molecule has 2 N–H and O–H groups in total. The SMILES string of the molecule is COC(=O)C1COCCN1Cc1cc(Br)cnc1N. The van der Waals surface area contributed by atoms with Crippen molar-refractivity contribution in [1.82, 2.24) is 9.88 Å². The third-order valence-corrected chi connectivity index (χ3v) is 3.49. The van der Waals surface area contributed by atoms with Gasteiger partial charge in [-0.25, -0.2) is 4.98 Å². The first kappa shape index (κ1) is 14.2. The number of nitrogen functional groups attached to an aromatic ring is 1. The molecule has 0 aliphatic carbocycles. The van der Waals surface area contributed by atoms with Gasteiger partial charge >= 0.3 is 5.97 Å². The number of ether oxygens (including phenoxy) is 2. The minimum Gasteiger partial charge on any atom is -0.468 e. The third kappa shape index (κ3) is 3.43. The van der Waals surface area contributed by atoms with Crippen molar-refractivity contribution in [3.63, 3.8) is 0 Å². The summed E-state index contributed by atoms with van der Waals surface area (Å²) in [5.41, 5.74) is 6.73. The number of rotatable bonds is 3. The molecule has 0 saturated carbocycles. The van der Waals surface area contributed by atoms with Crippen LogP contribution in [0.5, 0.6) is 0 Å². The van der Waals surface area contributed by atoms with Crippen LogP contribution >= 0.6 is 15.9 Å². The lowest BCUT2D eigenvalue weighted by Crippen LogP contribution is -2.49. The summed E-state index contributed by atoms with van der Waals surface area (Å²) in [5, 5.41) is 0. The lowest BCUT2D eigenvalue weighted by atomic mass is 10.1. The second kappa shape index (κ2) is 6.31. The monoisotopic (exact) mass is 329 g/mol. The number of hydrogen-bond donors (Lipinski definition) is 1. The summed E-state index contributed by atoms with van der Waals surface area (Å²) in [7, 11) is 1.38. The zero-order valence-corrected chi connectivity index (χ0v) is 12.2. The van der Waals surface area contributed by atoms with E-state index in [1.54, 1.807) is 6.20 Å². The number of carbonyl (C=O) groups is 1. The average molecular weight is 330 g/mol. The van der Waals surface area contributed by atoms with E-state index in [1.807, 2.05) is 11.0 Å². The van der Waals surface area contributed by atoms with E-state index in [4.69, 9.17) is 15.2 Å². The maximum Gasteiger partial charge on any atom is 0.325 e. The summed E-state index contributed by atoms with van der Waals surface area (Å²) in [4.78, 5) is 17.8. The number of aromatic nitrogens is 1. The van der Waals surface area contributed by atoms with Crippen LogP contribution in [0, 0.1) is 0 Å². The molecule has 2 heterocycles. The van der Waals surface area contributed by atoms with Crippen molar-refractivity contribution in [2.75, 3.05) is 32.6 Å².